The molecule has 0 spiro atoms. The monoisotopic (exact) mass is 347 g/mol. The average molecular weight is 347 g/mol. The van der Waals surface area contributed by atoms with E-state index in [9.17, 15) is 14.9 Å². The molecule has 2 rings (SSSR count). The van der Waals surface area contributed by atoms with Gasteiger partial charge in [-0.25, -0.2) is 4.98 Å². The van der Waals surface area contributed by atoms with E-state index in [0.29, 0.717) is 29.9 Å². The number of ether oxygens (including phenoxy) is 1. The van der Waals surface area contributed by atoms with E-state index in [1.165, 1.54) is 17.8 Å². The molecule has 1 fully saturated rings. The number of aromatic nitrogens is 1. The fourth-order valence-corrected chi connectivity index (χ4v) is 3.16. The number of ketones is 1. The van der Waals surface area contributed by atoms with Crippen LogP contribution in [0.3, 0.4) is 0 Å². The van der Waals surface area contributed by atoms with Crippen LogP contribution < -0.4 is 10.1 Å². The third kappa shape index (κ3) is 4.34. The topological polar surface area (TPSA) is 92.1 Å². The summed E-state index contributed by atoms with van der Waals surface area (Å²) in [5.41, 5.74) is 0.539. The molecule has 1 aliphatic heterocycles. The molecule has 1 N–H and O–H groups in total. The number of piperidine rings is 1. The van der Waals surface area contributed by atoms with E-state index in [1.807, 2.05) is 13.0 Å². The van der Waals surface area contributed by atoms with Crippen molar-refractivity contribution in [2.45, 2.75) is 37.6 Å². The van der Waals surface area contributed by atoms with E-state index in [4.69, 9.17) is 4.74 Å². The summed E-state index contributed by atoms with van der Waals surface area (Å²) in [5.74, 6) is -0.598. The summed E-state index contributed by atoms with van der Waals surface area (Å²) in [5, 5.41) is 13.0. The number of rotatable bonds is 6. The van der Waals surface area contributed by atoms with Gasteiger partial charge in [0.05, 0.1) is 11.5 Å². The number of nitrogens with one attached hydrogen (secondary N) is 1. The zero-order valence-electron chi connectivity index (χ0n) is 13.9. The van der Waals surface area contributed by atoms with Crippen LogP contribution in [-0.4, -0.2) is 36.1 Å². The molecule has 0 aromatic carbocycles. The van der Waals surface area contributed by atoms with E-state index in [2.05, 4.69) is 10.3 Å². The molecule has 0 amide bonds. The van der Waals surface area contributed by atoms with Gasteiger partial charge in [0, 0.05) is 6.42 Å². The van der Waals surface area contributed by atoms with Gasteiger partial charge in [-0.1, -0.05) is 6.92 Å². The average Bonchev–Trinajstić information content (AvgIpc) is 2.62. The lowest BCUT2D eigenvalue weighted by Crippen LogP contribution is -2.34. The molecule has 0 unspecified atom stereocenters. The molecule has 2 heterocycles. The summed E-state index contributed by atoms with van der Waals surface area (Å²) in [6.45, 7) is 3.47. The number of esters is 1. The van der Waals surface area contributed by atoms with E-state index in [0.717, 1.165) is 19.5 Å². The maximum atomic E-state index is 12.3. The largest absolute Gasteiger partial charge is 0.406 e. The minimum atomic E-state index is -0.361. The summed E-state index contributed by atoms with van der Waals surface area (Å²) in [6.07, 6.45) is 4.34. The van der Waals surface area contributed by atoms with Crippen molar-refractivity contribution in [1.82, 2.24) is 10.3 Å². The zero-order chi connectivity index (χ0) is 17.5. The fourth-order valence-electron chi connectivity index (χ4n) is 2.59. The Kier molecular flexibility index (Phi) is 6.76. The number of nitriles is 1. The number of carbonyl (C=O) groups is 2. The predicted molar refractivity (Wildman–Crippen MR) is 91.2 cm³/mol. The third-order valence-electron chi connectivity index (χ3n) is 3.91. The first-order chi connectivity index (χ1) is 11.6. The lowest BCUT2D eigenvalue weighted by molar-refractivity contribution is -0.140. The highest BCUT2D eigenvalue weighted by Crippen LogP contribution is 2.27. The van der Waals surface area contributed by atoms with Crippen LogP contribution in [0, 0.1) is 17.2 Å². The summed E-state index contributed by atoms with van der Waals surface area (Å²) < 4.78 is 5.39. The second kappa shape index (κ2) is 8.81. The Bertz CT molecular complexity index is 664. The summed E-state index contributed by atoms with van der Waals surface area (Å²) in [7, 11) is 0. The van der Waals surface area contributed by atoms with Gasteiger partial charge in [0.25, 0.3) is 0 Å². The Morgan fingerprint density at radius 3 is 2.75 bits per heavy atom. The summed E-state index contributed by atoms with van der Waals surface area (Å²) in [6, 6.07) is 3.47. The Balaban J connectivity index is 2.27. The maximum Gasteiger partial charge on any atom is 0.315 e. The van der Waals surface area contributed by atoms with Gasteiger partial charge in [0.1, 0.15) is 16.7 Å². The molecule has 24 heavy (non-hydrogen) atoms. The quantitative estimate of drug-likeness (QED) is 0.480. The van der Waals surface area contributed by atoms with E-state index < -0.39 is 0 Å². The standard InChI is InChI=1S/C17H21N3O3S/c1-3-4-14(21)13-9-12(10-18)15(20-16(13)24-2)23-17(22)11-5-7-19-8-6-11/h9,11,19H,3-8H2,1-2H3. The molecule has 0 atom stereocenters. The number of Topliss-reactive ketones (excluding diaryl/α,β-unsaturated/α-hetero) is 1. The Morgan fingerprint density at radius 1 is 1.46 bits per heavy atom. The SMILES string of the molecule is CCCC(=O)c1cc(C#N)c(OC(=O)C2CCNCC2)nc1SC. The lowest BCUT2D eigenvalue weighted by atomic mass is 9.98. The number of thioether (sulfide) groups is 1. The zero-order valence-corrected chi connectivity index (χ0v) is 14.7. The highest BCUT2D eigenvalue weighted by molar-refractivity contribution is 7.98. The van der Waals surface area contributed by atoms with Gasteiger partial charge in [-0.05, 0) is 44.7 Å². The molecule has 1 aliphatic rings. The van der Waals surface area contributed by atoms with Gasteiger partial charge in [-0.2, -0.15) is 5.26 Å². The van der Waals surface area contributed by atoms with Crippen molar-refractivity contribution in [2.24, 2.45) is 5.92 Å². The molecule has 0 bridgehead atoms. The van der Waals surface area contributed by atoms with E-state index in [-0.39, 0.29) is 29.1 Å². The van der Waals surface area contributed by atoms with Gasteiger partial charge in [-0.15, -0.1) is 11.8 Å². The van der Waals surface area contributed by atoms with E-state index in [1.54, 1.807) is 6.26 Å². The van der Waals surface area contributed by atoms with Crippen molar-refractivity contribution in [2.75, 3.05) is 19.3 Å². The van der Waals surface area contributed by atoms with Gasteiger partial charge >= 0.3 is 5.97 Å². The molecular weight excluding hydrogens is 326 g/mol. The number of pyridine rings is 1. The van der Waals surface area contributed by atoms with Crippen LogP contribution in [-0.2, 0) is 4.79 Å². The first-order valence-corrected chi connectivity index (χ1v) is 9.27. The summed E-state index contributed by atoms with van der Waals surface area (Å²) >= 11 is 1.30. The lowest BCUT2D eigenvalue weighted by Gasteiger charge is -2.21. The van der Waals surface area contributed by atoms with Crippen LogP contribution in [0.15, 0.2) is 11.1 Å². The van der Waals surface area contributed by atoms with Crippen LogP contribution in [0.25, 0.3) is 0 Å². The Morgan fingerprint density at radius 2 is 2.17 bits per heavy atom. The van der Waals surface area contributed by atoms with Crippen LogP contribution in [0.2, 0.25) is 0 Å². The van der Waals surface area contributed by atoms with Crippen molar-refractivity contribution in [3.8, 4) is 11.9 Å². The second-order valence-electron chi connectivity index (χ2n) is 5.63. The van der Waals surface area contributed by atoms with Crippen molar-refractivity contribution < 1.29 is 14.3 Å². The van der Waals surface area contributed by atoms with Crippen LogP contribution in [0.5, 0.6) is 5.88 Å². The van der Waals surface area contributed by atoms with Gasteiger partial charge in [0.2, 0.25) is 5.88 Å². The minimum Gasteiger partial charge on any atom is -0.406 e. The van der Waals surface area contributed by atoms with Crippen LogP contribution in [0.4, 0.5) is 0 Å². The predicted octanol–water partition coefficient (Wildman–Crippen LogP) is 2.56. The number of hydrogen-bond donors (Lipinski definition) is 1. The first kappa shape index (κ1) is 18.4. The Labute approximate surface area is 146 Å². The van der Waals surface area contributed by atoms with Gasteiger partial charge < -0.3 is 10.1 Å². The molecule has 6 nitrogen and oxygen atoms in total. The van der Waals surface area contributed by atoms with Crippen molar-refractivity contribution in [3.05, 3.63) is 17.2 Å². The van der Waals surface area contributed by atoms with Crippen molar-refractivity contribution in [3.63, 3.8) is 0 Å². The van der Waals surface area contributed by atoms with Crippen LogP contribution >= 0.6 is 11.8 Å². The molecule has 1 aromatic heterocycles. The van der Waals surface area contributed by atoms with E-state index >= 15 is 0 Å². The van der Waals surface area contributed by atoms with Crippen molar-refractivity contribution in [1.29, 1.82) is 5.26 Å². The van der Waals surface area contributed by atoms with Crippen molar-refractivity contribution >= 4 is 23.5 Å². The molecule has 1 saturated heterocycles. The maximum absolute atomic E-state index is 12.3. The highest BCUT2D eigenvalue weighted by atomic mass is 32.2. The molecule has 1 aromatic rings. The van der Waals surface area contributed by atoms with Crippen LogP contribution in [0.1, 0.15) is 48.5 Å². The molecule has 7 heteroatoms. The smallest absolute Gasteiger partial charge is 0.315 e. The second-order valence-corrected chi connectivity index (χ2v) is 6.42. The normalized spacial score (nSPS) is 14.9. The molecular formula is C17H21N3O3S. The number of nitrogens with zero attached hydrogens (tertiary/aromatic N) is 2. The van der Waals surface area contributed by atoms with Gasteiger partial charge in [0.15, 0.2) is 5.78 Å². The molecule has 128 valence electrons. The first-order valence-electron chi connectivity index (χ1n) is 8.05. The highest BCUT2D eigenvalue weighted by Gasteiger charge is 2.25. The Hall–Kier alpha value is -1.91. The molecule has 0 radical (unpaired) electrons. The fraction of sp³-hybridized carbons (Fsp3) is 0.529. The third-order valence-corrected chi connectivity index (χ3v) is 4.61. The van der Waals surface area contributed by atoms with Gasteiger partial charge in [-0.3, -0.25) is 9.59 Å². The minimum absolute atomic E-state index is 0.00145. The molecule has 0 aliphatic carbocycles. The summed E-state index contributed by atoms with van der Waals surface area (Å²) in [4.78, 5) is 28.7. The number of hydrogen-bond acceptors (Lipinski definition) is 7. The molecule has 0 saturated carbocycles. The number of carbonyl (C=O) groups excluding carboxylic acids is 2.